The fraction of sp³-hybridized carbons (Fsp3) is 0.647. The summed E-state index contributed by atoms with van der Waals surface area (Å²) in [6.07, 6.45) is 9.78. The fourth-order valence-corrected chi connectivity index (χ4v) is 2.50. The van der Waals surface area contributed by atoms with Gasteiger partial charge in [-0.3, -0.25) is 0 Å². The summed E-state index contributed by atoms with van der Waals surface area (Å²) in [6.45, 7) is 4.46. The van der Waals surface area contributed by atoms with Crippen molar-refractivity contribution in [2.24, 2.45) is 5.92 Å². The first-order valence-corrected chi connectivity index (χ1v) is 7.51. The first-order chi connectivity index (χ1) is 8.77. The third-order valence-corrected chi connectivity index (χ3v) is 3.65. The number of unbranched alkanes of at least 4 members (excludes halogenated alkanes) is 3. The van der Waals surface area contributed by atoms with Gasteiger partial charge in [-0.25, -0.2) is 4.39 Å². The third-order valence-electron chi connectivity index (χ3n) is 3.65. The van der Waals surface area contributed by atoms with Gasteiger partial charge >= 0.3 is 0 Å². The van der Waals surface area contributed by atoms with Gasteiger partial charge in [0.15, 0.2) is 0 Å². The first kappa shape index (κ1) is 15.2. The highest BCUT2D eigenvalue weighted by atomic mass is 19.1. The van der Waals surface area contributed by atoms with Crippen LogP contribution >= 0.6 is 0 Å². The van der Waals surface area contributed by atoms with Gasteiger partial charge in [0.1, 0.15) is 5.82 Å². The predicted molar refractivity (Wildman–Crippen MR) is 77.3 cm³/mol. The first-order valence-electron chi connectivity index (χ1n) is 7.51. The van der Waals surface area contributed by atoms with Crippen molar-refractivity contribution in [1.82, 2.24) is 0 Å². The van der Waals surface area contributed by atoms with E-state index in [1.165, 1.54) is 44.9 Å². The molecule has 18 heavy (non-hydrogen) atoms. The van der Waals surface area contributed by atoms with Gasteiger partial charge < -0.3 is 0 Å². The molecule has 0 saturated carbocycles. The molecule has 0 aliphatic rings. The minimum atomic E-state index is -0.0329. The van der Waals surface area contributed by atoms with Gasteiger partial charge in [-0.05, 0) is 24.0 Å². The smallest absolute Gasteiger partial charge is 0.126 e. The second kappa shape index (κ2) is 9.13. The number of halogens is 1. The molecule has 0 aliphatic carbocycles. The Morgan fingerprint density at radius 3 is 2.28 bits per heavy atom. The second-order valence-electron chi connectivity index (χ2n) is 5.30. The van der Waals surface area contributed by atoms with Crippen molar-refractivity contribution >= 4 is 0 Å². The average Bonchev–Trinajstić information content (AvgIpc) is 2.38. The Morgan fingerprint density at radius 1 is 0.944 bits per heavy atom. The van der Waals surface area contributed by atoms with Crippen LogP contribution in [-0.4, -0.2) is 0 Å². The standard InChI is InChI=1S/C17H27F/c1-3-5-7-11-15(10-6-4-2)14-16-12-8-9-13-17(16)18/h8-9,12-13,15H,3-7,10-11,14H2,1-2H3. The summed E-state index contributed by atoms with van der Waals surface area (Å²) in [4.78, 5) is 0. The van der Waals surface area contributed by atoms with Crippen molar-refractivity contribution in [2.75, 3.05) is 0 Å². The Morgan fingerprint density at radius 2 is 1.61 bits per heavy atom. The van der Waals surface area contributed by atoms with E-state index >= 15 is 0 Å². The molecule has 1 atom stereocenters. The molecule has 102 valence electrons. The lowest BCUT2D eigenvalue weighted by atomic mass is 9.89. The van der Waals surface area contributed by atoms with E-state index < -0.39 is 0 Å². The van der Waals surface area contributed by atoms with Crippen LogP contribution in [0.5, 0.6) is 0 Å². The van der Waals surface area contributed by atoms with Crippen LogP contribution in [0.15, 0.2) is 24.3 Å². The topological polar surface area (TPSA) is 0 Å². The van der Waals surface area contributed by atoms with Crippen LogP contribution in [0, 0.1) is 11.7 Å². The fourth-order valence-electron chi connectivity index (χ4n) is 2.50. The highest BCUT2D eigenvalue weighted by molar-refractivity contribution is 5.17. The Balaban J connectivity index is 2.51. The summed E-state index contributed by atoms with van der Waals surface area (Å²) in [5.41, 5.74) is 0.898. The van der Waals surface area contributed by atoms with E-state index in [1.54, 1.807) is 12.1 Å². The Hall–Kier alpha value is -0.850. The molecule has 0 amide bonds. The zero-order chi connectivity index (χ0) is 13.2. The molecule has 1 aromatic rings. The highest BCUT2D eigenvalue weighted by Crippen LogP contribution is 2.22. The largest absolute Gasteiger partial charge is 0.207 e. The van der Waals surface area contributed by atoms with E-state index in [9.17, 15) is 4.39 Å². The van der Waals surface area contributed by atoms with Gasteiger partial charge in [0, 0.05) is 0 Å². The van der Waals surface area contributed by atoms with E-state index in [2.05, 4.69) is 13.8 Å². The summed E-state index contributed by atoms with van der Waals surface area (Å²) in [6, 6.07) is 7.24. The van der Waals surface area contributed by atoms with E-state index in [-0.39, 0.29) is 5.82 Å². The molecular weight excluding hydrogens is 223 g/mol. The number of rotatable bonds is 9. The van der Waals surface area contributed by atoms with E-state index in [1.807, 2.05) is 12.1 Å². The van der Waals surface area contributed by atoms with E-state index in [4.69, 9.17) is 0 Å². The van der Waals surface area contributed by atoms with Crippen molar-refractivity contribution in [3.63, 3.8) is 0 Å². The molecule has 0 nitrogen and oxygen atoms in total. The molecule has 0 aliphatic heterocycles. The minimum Gasteiger partial charge on any atom is -0.207 e. The molecule has 1 heteroatoms. The number of benzene rings is 1. The van der Waals surface area contributed by atoms with Crippen molar-refractivity contribution in [2.45, 2.75) is 65.2 Å². The normalized spacial score (nSPS) is 12.6. The van der Waals surface area contributed by atoms with Gasteiger partial charge in [0.2, 0.25) is 0 Å². The van der Waals surface area contributed by atoms with Crippen molar-refractivity contribution in [1.29, 1.82) is 0 Å². The number of hydrogen-bond acceptors (Lipinski definition) is 0. The number of hydrogen-bond donors (Lipinski definition) is 0. The average molecular weight is 250 g/mol. The monoisotopic (exact) mass is 250 g/mol. The second-order valence-corrected chi connectivity index (χ2v) is 5.30. The summed E-state index contributed by atoms with van der Waals surface area (Å²) in [7, 11) is 0. The van der Waals surface area contributed by atoms with Crippen molar-refractivity contribution in [3.05, 3.63) is 35.6 Å². The van der Waals surface area contributed by atoms with Gasteiger partial charge in [0.05, 0.1) is 0 Å². The minimum absolute atomic E-state index is 0.0329. The summed E-state index contributed by atoms with van der Waals surface area (Å²) in [5, 5.41) is 0. The van der Waals surface area contributed by atoms with Crippen LogP contribution in [0.25, 0.3) is 0 Å². The van der Waals surface area contributed by atoms with Crippen molar-refractivity contribution < 1.29 is 4.39 Å². The summed E-state index contributed by atoms with van der Waals surface area (Å²) < 4.78 is 13.7. The molecule has 0 fully saturated rings. The van der Waals surface area contributed by atoms with Crippen LogP contribution in [-0.2, 0) is 6.42 Å². The van der Waals surface area contributed by atoms with Gasteiger partial charge in [0.25, 0.3) is 0 Å². The van der Waals surface area contributed by atoms with Crippen molar-refractivity contribution in [3.8, 4) is 0 Å². The molecule has 0 aromatic heterocycles. The zero-order valence-corrected chi connectivity index (χ0v) is 11.9. The van der Waals surface area contributed by atoms with Crippen LogP contribution in [0.4, 0.5) is 4.39 Å². The molecular formula is C17H27F. The molecule has 1 unspecified atom stereocenters. The molecule has 0 bridgehead atoms. The Kier molecular flexibility index (Phi) is 7.71. The maximum Gasteiger partial charge on any atom is 0.126 e. The van der Waals surface area contributed by atoms with Gasteiger partial charge in [-0.15, -0.1) is 0 Å². The molecule has 1 rings (SSSR count). The van der Waals surface area contributed by atoms with Gasteiger partial charge in [-0.2, -0.15) is 0 Å². The molecule has 0 spiro atoms. The maximum absolute atomic E-state index is 13.7. The van der Waals surface area contributed by atoms with Crippen LogP contribution in [0.2, 0.25) is 0 Å². The summed E-state index contributed by atoms with van der Waals surface area (Å²) in [5.74, 6) is 0.628. The predicted octanol–water partition coefficient (Wildman–Crippen LogP) is 5.75. The van der Waals surface area contributed by atoms with Crippen LogP contribution in [0.1, 0.15) is 64.4 Å². The zero-order valence-electron chi connectivity index (χ0n) is 11.9. The lowest BCUT2D eigenvalue weighted by Crippen LogP contribution is -2.06. The molecule has 0 heterocycles. The molecule has 1 aromatic carbocycles. The van der Waals surface area contributed by atoms with Gasteiger partial charge in [-0.1, -0.05) is 77.0 Å². The quantitative estimate of drug-likeness (QED) is 0.489. The van der Waals surface area contributed by atoms with Crippen LogP contribution in [0.3, 0.4) is 0 Å². The Labute approximate surface area is 112 Å². The van der Waals surface area contributed by atoms with E-state index in [0.717, 1.165) is 12.0 Å². The molecule has 0 N–H and O–H groups in total. The maximum atomic E-state index is 13.7. The molecule has 0 radical (unpaired) electrons. The van der Waals surface area contributed by atoms with Crippen LogP contribution < -0.4 is 0 Å². The van der Waals surface area contributed by atoms with E-state index in [0.29, 0.717) is 5.92 Å². The lowest BCUT2D eigenvalue weighted by Gasteiger charge is -2.17. The highest BCUT2D eigenvalue weighted by Gasteiger charge is 2.11. The lowest BCUT2D eigenvalue weighted by molar-refractivity contribution is 0.406. The molecule has 0 saturated heterocycles. The third kappa shape index (κ3) is 5.66. The summed E-state index contributed by atoms with van der Waals surface area (Å²) >= 11 is 0. The SMILES string of the molecule is CCCCCC(CCCC)Cc1ccccc1F. The Bertz CT molecular complexity index is 319.